The Labute approximate surface area is 318 Å². The van der Waals surface area contributed by atoms with Crippen LogP contribution >= 0.6 is 0 Å². The molecule has 0 spiro atoms. The average molecular weight is 763 g/mol. The molecule has 3 fully saturated rings. The van der Waals surface area contributed by atoms with E-state index in [1.165, 1.54) is 6.92 Å². The van der Waals surface area contributed by atoms with Crippen LogP contribution in [0.1, 0.15) is 94.9 Å². The molecule has 14 nitrogen and oxygen atoms in total. The number of rotatable bonds is 8. The highest BCUT2D eigenvalue weighted by molar-refractivity contribution is 5.73. The van der Waals surface area contributed by atoms with Crippen LogP contribution in [0.2, 0.25) is 0 Å². The van der Waals surface area contributed by atoms with Crippen molar-refractivity contribution >= 4 is 5.97 Å². The number of carbonyl (C=O) groups excluding carboxylic acids is 1. The molecule has 0 radical (unpaired) electrons. The molecule has 3 aliphatic rings. The monoisotopic (exact) mass is 763 g/mol. The van der Waals surface area contributed by atoms with Crippen LogP contribution in [0.3, 0.4) is 0 Å². The molecule has 4 N–H and O–H groups in total. The van der Waals surface area contributed by atoms with Crippen LogP contribution < -0.4 is 0 Å². The van der Waals surface area contributed by atoms with Gasteiger partial charge in [0, 0.05) is 45.2 Å². The minimum atomic E-state index is -1.77. The number of methoxy groups -OCH3 is 2. The standard InChI is InChI=1S/C39H74N2O12/c1-16-28-39(10,46)32(43)21(2)20-41(13)22(3)18-37(8,45)33(53-36-30(42)27(40(11)12)17-23(4)49-36)24(5)31(25(6)35(44)51-28)52-29-19-38(9,48-15)34(47-14)26(7)50-29/h21-34,36,42-43,45-46H,16-20H2,1-15H3/t21-,22+,23+,24-,25+,26+,27+,28+,29-,30+,31-,32+,33+,34-,36-,37+,38+,39+/m0/s1. The lowest BCUT2D eigenvalue weighted by Gasteiger charge is -2.49. The Balaban J connectivity index is 2.19. The fraction of sp³-hybridized carbons (Fsp3) is 0.974. The second kappa shape index (κ2) is 18.5. The summed E-state index contributed by atoms with van der Waals surface area (Å²) in [4.78, 5) is 18.2. The second-order valence-corrected chi connectivity index (χ2v) is 17.4. The topological polar surface area (TPSA) is 169 Å². The lowest BCUT2D eigenvalue weighted by Crippen LogP contribution is -2.61. The van der Waals surface area contributed by atoms with Gasteiger partial charge in [-0.1, -0.05) is 20.8 Å². The number of hydrogen-bond donors (Lipinski definition) is 4. The fourth-order valence-corrected chi connectivity index (χ4v) is 9.07. The summed E-state index contributed by atoms with van der Waals surface area (Å²) in [5.74, 6) is -2.78. The summed E-state index contributed by atoms with van der Waals surface area (Å²) < 4.78 is 43.9. The third-order valence-corrected chi connectivity index (χ3v) is 12.5. The highest BCUT2D eigenvalue weighted by atomic mass is 16.7. The van der Waals surface area contributed by atoms with E-state index in [-0.39, 0.29) is 37.5 Å². The minimum Gasteiger partial charge on any atom is -0.459 e. The van der Waals surface area contributed by atoms with Gasteiger partial charge in [-0.15, -0.1) is 0 Å². The van der Waals surface area contributed by atoms with E-state index >= 15 is 0 Å². The van der Waals surface area contributed by atoms with Crippen molar-refractivity contribution in [2.24, 2.45) is 17.8 Å². The molecule has 14 heteroatoms. The molecular weight excluding hydrogens is 688 g/mol. The quantitative estimate of drug-likeness (QED) is 0.266. The van der Waals surface area contributed by atoms with Crippen LogP contribution in [0.15, 0.2) is 0 Å². The first-order valence-electron chi connectivity index (χ1n) is 19.5. The summed E-state index contributed by atoms with van der Waals surface area (Å²) in [7, 11) is 8.90. The predicted molar refractivity (Wildman–Crippen MR) is 199 cm³/mol. The first-order valence-corrected chi connectivity index (χ1v) is 19.5. The lowest BCUT2D eigenvalue weighted by molar-refractivity contribution is -0.319. The van der Waals surface area contributed by atoms with E-state index in [2.05, 4.69) is 0 Å². The number of nitrogens with zero attached hydrogens (tertiary/aromatic N) is 2. The van der Waals surface area contributed by atoms with E-state index in [1.807, 2.05) is 72.5 Å². The summed E-state index contributed by atoms with van der Waals surface area (Å²) in [5.41, 5.74) is -4.11. The molecule has 3 saturated heterocycles. The van der Waals surface area contributed by atoms with E-state index in [0.29, 0.717) is 13.0 Å². The highest BCUT2D eigenvalue weighted by Gasteiger charge is 2.53. The van der Waals surface area contributed by atoms with Crippen molar-refractivity contribution < 1.29 is 58.4 Å². The number of hydrogen-bond acceptors (Lipinski definition) is 14. The van der Waals surface area contributed by atoms with Gasteiger partial charge in [-0.2, -0.15) is 0 Å². The molecule has 0 bridgehead atoms. The molecule has 3 rings (SSSR count). The van der Waals surface area contributed by atoms with Crippen LogP contribution in [0, 0.1) is 17.8 Å². The van der Waals surface area contributed by atoms with E-state index in [9.17, 15) is 25.2 Å². The van der Waals surface area contributed by atoms with Gasteiger partial charge < -0.3 is 63.4 Å². The van der Waals surface area contributed by atoms with Crippen molar-refractivity contribution in [3.63, 3.8) is 0 Å². The van der Waals surface area contributed by atoms with Crippen LogP contribution in [-0.2, 0) is 38.0 Å². The zero-order valence-electron chi connectivity index (χ0n) is 35.1. The number of aliphatic hydroxyl groups is 4. The Morgan fingerprint density at radius 3 is 2.11 bits per heavy atom. The largest absolute Gasteiger partial charge is 0.459 e. The highest BCUT2D eigenvalue weighted by Crippen LogP contribution is 2.40. The Morgan fingerprint density at radius 2 is 1.57 bits per heavy atom. The Kier molecular flexibility index (Phi) is 16.2. The van der Waals surface area contributed by atoms with E-state index in [1.54, 1.807) is 35.0 Å². The molecule has 3 aliphatic heterocycles. The van der Waals surface area contributed by atoms with Crippen molar-refractivity contribution in [2.45, 2.75) is 185 Å². The molecule has 0 aromatic heterocycles. The van der Waals surface area contributed by atoms with Gasteiger partial charge in [0.15, 0.2) is 12.6 Å². The molecule has 0 aromatic carbocycles. The van der Waals surface area contributed by atoms with Gasteiger partial charge in [0.25, 0.3) is 0 Å². The maximum Gasteiger partial charge on any atom is 0.311 e. The number of aliphatic hydroxyl groups excluding tert-OH is 2. The van der Waals surface area contributed by atoms with E-state index in [0.717, 1.165) is 0 Å². The maximum atomic E-state index is 14.3. The summed E-state index contributed by atoms with van der Waals surface area (Å²) in [5, 5.41) is 47.3. The second-order valence-electron chi connectivity index (χ2n) is 17.4. The van der Waals surface area contributed by atoms with Crippen molar-refractivity contribution in [3.05, 3.63) is 0 Å². The minimum absolute atomic E-state index is 0.213. The van der Waals surface area contributed by atoms with Crippen molar-refractivity contribution in [3.8, 4) is 0 Å². The molecule has 3 heterocycles. The van der Waals surface area contributed by atoms with Gasteiger partial charge in [-0.25, -0.2) is 0 Å². The van der Waals surface area contributed by atoms with Gasteiger partial charge in [-0.3, -0.25) is 4.79 Å². The number of likely N-dealkylation sites (N-methyl/N-ethyl adjacent to an activating group) is 1. The van der Waals surface area contributed by atoms with Gasteiger partial charge >= 0.3 is 5.97 Å². The molecule has 0 saturated carbocycles. The van der Waals surface area contributed by atoms with Gasteiger partial charge in [0.1, 0.15) is 23.9 Å². The van der Waals surface area contributed by atoms with Crippen molar-refractivity contribution in [1.29, 1.82) is 0 Å². The molecule has 18 atom stereocenters. The summed E-state index contributed by atoms with van der Waals surface area (Å²) in [6.07, 6.45) is -7.02. The van der Waals surface area contributed by atoms with Crippen LogP contribution in [0.5, 0.6) is 0 Å². The maximum absolute atomic E-state index is 14.3. The molecular formula is C39H74N2O12. The third kappa shape index (κ3) is 10.5. The smallest absolute Gasteiger partial charge is 0.311 e. The molecule has 0 amide bonds. The van der Waals surface area contributed by atoms with Gasteiger partial charge in [0.05, 0.1) is 47.6 Å². The summed E-state index contributed by atoms with van der Waals surface area (Å²) in [6.45, 7) is 18.4. The van der Waals surface area contributed by atoms with E-state index in [4.69, 9.17) is 33.2 Å². The van der Waals surface area contributed by atoms with Crippen molar-refractivity contribution in [2.75, 3.05) is 41.9 Å². The first-order chi connectivity index (χ1) is 24.4. The predicted octanol–water partition coefficient (Wildman–Crippen LogP) is 2.55. The normalized spacial score (nSPS) is 48.9. The molecule has 0 aromatic rings. The fourth-order valence-electron chi connectivity index (χ4n) is 9.07. The zero-order valence-corrected chi connectivity index (χ0v) is 35.1. The summed E-state index contributed by atoms with van der Waals surface area (Å²) in [6, 6.07) is -0.493. The molecule has 53 heavy (non-hydrogen) atoms. The summed E-state index contributed by atoms with van der Waals surface area (Å²) >= 11 is 0. The lowest BCUT2D eigenvalue weighted by atomic mass is 9.78. The van der Waals surface area contributed by atoms with E-state index < -0.39 is 95.8 Å². The Hall–Kier alpha value is -1.01. The molecule has 0 unspecified atom stereocenters. The third-order valence-electron chi connectivity index (χ3n) is 12.5. The van der Waals surface area contributed by atoms with Crippen LogP contribution in [0.4, 0.5) is 0 Å². The van der Waals surface area contributed by atoms with Crippen LogP contribution in [-0.4, -0.2) is 168 Å². The number of carbonyl (C=O) groups is 1. The number of cyclic esters (lactones) is 1. The Morgan fingerprint density at radius 1 is 0.943 bits per heavy atom. The zero-order chi connectivity index (χ0) is 40.4. The number of ether oxygens (including phenoxy) is 7. The SMILES string of the molecule is CC[C@H]1OC(=O)[C@H](C)[C@@H](O[C@H]2C[C@@](C)(OC)[C@@H](OC)[C@@H](C)O2)[C@H](C)[C@@H](O[C@@H]2O[C@H](C)C[C@@H](N(C)C)[C@H]2O)[C@](C)(O)C[C@@H](C)N(C)C[C@H](C)[C@@H](O)[C@]1(C)O. The first kappa shape index (κ1) is 46.4. The van der Waals surface area contributed by atoms with Gasteiger partial charge in [-0.05, 0) is 94.8 Å². The molecule has 312 valence electrons. The van der Waals surface area contributed by atoms with Crippen molar-refractivity contribution in [1.82, 2.24) is 9.80 Å². The number of esters is 1. The molecule has 0 aliphatic carbocycles. The van der Waals surface area contributed by atoms with Gasteiger partial charge in [0.2, 0.25) is 0 Å². The Bertz CT molecular complexity index is 1160. The average Bonchev–Trinajstić information content (AvgIpc) is 3.07. The van der Waals surface area contributed by atoms with Crippen LogP contribution in [0.25, 0.3) is 0 Å².